The zero-order chi connectivity index (χ0) is 18.4. The van der Waals surface area contributed by atoms with Gasteiger partial charge in [-0.1, -0.05) is 0 Å². The molecule has 1 aliphatic rings. The Hall–Kier alpha value is -2.71. The van der Waals surface area contributed by atoms with Crippen LogP contribution in [0, 0.1) is 5.92 Å². The molecule has 0 aromatic carbocycles. The second-order valence-corrected chi connectivity index (χ2v) is 5.85. The standard InChI is InChI=1S/C16H22N4O5/c1-3-25-16(24)11-5-4-6-20(9-11)14(21)10-19(2)13-8-17-12(7-18-13)15(22)23/h7-8,11H,3-6,9-10H2,1-2H3,(H,22,23). The number of piperidine rings is 1. The summed E-state index contributed by atoms with van der Waals surface area (Å²) in [7, 11) is 1.68. The predicted molar refractivity (Wildman–Crippen MR) is 88.2 cm³/mol. The molecule has 1 fully saturated rings. The SMILES string of the molecule is CCOC(=O)C1CCCN(C(=O)CN(C)c2cnc(C(=O)O)cn2)C1. The first kappa shape index (κ1) is 18.6. The number of hydrogen-bond acceptors (Lipinski definition) is 7. The fourth-order valence-electron chi connectivity index (χ4n) is 2.67. The predicted octanol–water partition coefficient (Wildman–Crippen LogP) is 0.413. The van der Waals surface area contributed by atoms with Crippen LogP contribution in [0.5, 0.6) is 0 Å². The Kier molecular flexibility index (Phi) is 6.26. The lowest BCUT2D eigenvalue weighted by Crippen LogP contribution is -2.46. The van der Waals surface area contributed by atoms with E-state index in [4.69, 9.17) is 9.84 Å². The van der Waals surface area contributed by atoms with Crippen molar-refractivity contribution in [2.24, 2.45) is 5.92 Å². The summed E-state index contributed by atoms with van der Waals surface area (Å²) in [6.07, 6.45) is 3.94. The van der Waals surface area contributed by atoms with Crippen molar-refractivity contribution in [2.75, 3.05) is 38.2 Å². The number of likely N-dealkylation sites (tertiary alicyclic amines) is 1. The molecule has 9 heteroatoms. The lowest BCUT2D eigenvalue weighted by atomic mass is 9.98. The van der Waals surface area contributed by atoms with E-state index in [0.717, 1.165) is 19.0 Å². The second-order valence-electron chi connectivity index (χ2n) is 5.85. The average Bonchev–Trinajstić information content (AvgIpc) is 2.62. The fourth-order valence-corrected chi connectivity index (χ4v) is 2.67. The molecule has 9 nitrogen and oxygen atoms in total. The molecule has 1 N–H and O–H groups in total. The molecule has 1 aromatic rings. The molecule has 0 spiro atoms. The van der Waals surface area contributed by atoms with Crippen LogP contribution in [0.3, 0.4) is 0 Å². The maximum Gasteiger partial charge on any atom is 0.356 e. The van der Waals surface area contributed by atoms with Gasteiger partial charge in [0, 0.05) is 20.1 Å². The van der Waals surface area contributed by atoms with E-state index in [1.54, 1.807) is 23.8 Å². The number of anilines is 1. The number of rotatable bonds is 6. The van der Waals surface area contributed by atoms with E-state index in [-0.39, 0.29) is 30.0 Å². The number of ether oxygens (including phenoxy) is 1. The van der Waals surface area contributed by atoms with Crippen LogP contribution in [0.15, 0.2) is 12.4 Å². The van der Waals surface area contributed by atoms with E-state index in [1.165, 1.54) is 6.20 Å². The Labute approximate surface area is 145 Å². The Morgan fingerprint density at radius 3 is 2.72 bits per heavy atom. The van der Waals surface area contributed by atoms with Gasteiger partial charge in [-0.15, -0.1) is 0 Å². The highest BCUT2D eigenvalue weighted by atomic mass is 16.5. The number of carbonyl (C=O) groups excluding carboxylic acids is 2. The van der Waals surface area contributed by atoms with Crippen LogP contribution in [-0.2, 0) is 14.3 Å². The highest BCUT2D eigenvalue weighted by Gasteiger charge is 2.29. The summed E-state index contributed by atoms with van der Waals surface area (Å²) in [5.41, 5.74) is -0.156. The topological polar surface area (TPSA) is 113 Å². The molecule has 1 amide bonds. The van der Waals surface area contributed by atoms with Gasteiger partial charge in [0.2, 0.25) is 5.91 Å². The van der Waals surface area contributed by atoms with E-state index in [0.29, 0.717) is 25.5 Å². The van der Waals surface area contributed by atoms with Gasteiger partial charge >= 0.3 is 11.9 Å². The minimum absolute atomic E-state index is 0.0661. The van der Waals surface area contributed by atoms with Crippen LogP contribution < -0.4 is 4.90 Å². The number of carboxylic acid groups (broad SMARTS) is 1. The van der Waals surface area contributed by atoms with Gasteiger partial charge in [-0.05, 0) is 19.8 Å². The van der Waals surface area contributed by atoms with Crippen LogP contribution in [0.1, 0.15) is 30.3 Å². The smallest absolute Gasteiger partial charge is 0.356 e. The summed E-state index contributed by atoms with van der Waals surface area (Å²) in [6, 6.07) is 0. The van der Waals surface area contributed by atoms with Crippen molar-refractivity contribution >= 4 is 23.7 Å². The molecule has 136 valence electrons. The number of hydrogen-bond donors (Lipinski definition) is 1. The van der Waals surface area contributed by atoms with Gasteiger partial charge in [0.15, 0.2) is 5.69 Å². The Morgan fingerprint density at radius 2 is 2.12 bits per heavy atom. The third kappa shape index (κ3) is 4.88. The number of nitrogens with zero attached hydrogens (tertiary/aromatic N) is 4. The van der Waals surface area contributed by atoms with Crippen molar-refractivity contribution in [3.8, 4) is 0 Å². The Balaban J connectivity index is 1.93. The highest BCUT2D eigenvalue weighted by Crippen LogP contribution is 2.18. The van der Waals surface area contributed by atoms with E-state index in [2.05, 4.69) is 9.97 Å². The maximum atomic E-state index is 12.5. The van der Waals surface area contributed by atoms with Crippen molar-refractivity contribution in [3.05, 3.63) is 18.1 Å². The Bertz CT molecular complexity index is 634. The molecule has 0 aliphatic carbocycles. The van der Waals surface area contributed by atoms with Crippen LogP contribution >= 0.6 is 0 Å². The molecule has 0 bridgehead atoms. The molecular formula is C16H22N4O5. The van der Waals surface area contributed by atoms with Crippen molar-refractivity contribution in [2.45, 2.75) is 19.8 Å². The summed E-state index contributed by atoms with van der Waals surface area (Å²) in [6.45, 7) is 3.12. The van der Waals surface area contributed by atoms with Gasteiger partial charge in [0.1, 0.15) is 5.82 Å². The molecule has 1 saturated heterocycles. The lowest BCUT2D eigenvalue weighted by molar-refractivity contribution is -0.151. The highest BCUT2D eigenvalue weighted by molar-refractivity contribution is 5.85. The van der Waals surface area contributed by atoms with Crippen molar-refractivity contribution in [3.63, 3.8) is 0 Å². The van der Waals surface area contributed by atoms with Crippen molar-refractivity contribution < 1.29 is 24.2 Å². The van der Waals surface area contributed by atoms with Crippen LogP contribution in [0.4, 0.5) is 5.82 Å². The van der Waals surface area contributed by atoms with Gasteiger partial charge < -0.3 is 19.6 Å². The molecule has 1 aliphatic heterocycles. The van der Waals surface area contributed by atoms with E-state index >= 15 is 0 Å². The molecule has 2 rings (SSSR count). The first-order chi connectivity index (χ1) is 11.9. The van der Waals surface area contributed by atoms with Gasteiger partial charge in [-0.2, -0.15) is 0 Å². The summed E-state index contributed by atoms with van der Waals surface area (Å²) in [5, 5.41) is 8.82. The van der Waals surface area contributed by atoms with Gasteiger partial charge in [-0.25, -0.2) is 14.8 Å². The van der Waals surface area contributed by atoms with Gasteiger partial charge in [0.25, 0.3) is 0 Å². The van der Waals surface area contributed by atoms with Crippen molar-refractivity contribution in [1.82, 2.24) is 14.9 Å². The second kappa shape index (κ2) is 8.41. The van der Waals surface area contributed by atoms with E-state index < -0.39 is 5.97 Å². The van der Waals surface area contributed by atoms with E-state index in [1.807, 2.05) is 0 Å². The number of esters is 1. The maximum absolute atomic E-state index is 12.5. The zero-order valence-corrected chi connectivity index (χ0v) is 14.3. The zero-order valence-electron chi connectivity index (χ0n) is 14.3. The molecular weight excluding hydrogens is 328 g/mol. The first-order valence-corrected chi connectivity index (χ1v) is 8.13. The molecule has 2 heterocycles. The monoisotopic (exact) mass is 350 g/mol. The number of amides is 1. The van der Waals surface area contributed by atoms with Crippen LogP contribution in [-0.4, -0.2) is 71.1 Å². The normalized spacial score (nSPS) is 17.0. The summed E-state index contributed by atoms with van der Waals surface area (Å²) in [5.74, 6) is -1.42. The molecule has 1 atom stereocenters. The number of carbonyl (C=O) groups is 3. The fraction of sp³-hybridized carbons (Fsp3) is 0.562. The van der Waals surface area contributed by atoms with Gasteiger partial charge in [-0.3, -0.25) is 9.59 Å². The third-order valence-electron chi connectivity index (χ3n) is 4.01. The molecule has 1 unspecified atom stereocenters. The van der Waals surface area contributed by atoms with Gasteiger partial charge in [0.05, 0.1) is 31.5 Å². The summed E-state index contributed by atoms with van der Waals surface area (Å²) in [4.78, 5) is 46.2. The molecule has 0 saturated carbocycles. The average molecular weight is 350 g/mol. The lowest BCUT2D eigenvalue weighted by Gasteiger charge is -2.32. The largest absolute Gasteiger partial charge is 0.476 e. The minimum atomic E-state index is -1.16. The Morgan fingerprint density at radius 1 is 1.36 bits per heavy atom. The molecule has 25 heavy (non-hydrogen) atoms. The number of aromatic nitrogens is 2. The van der Waals surface area contributed by atoms with Crippen LogP contribution in [0.25, 0.3) is 0 Å². The summed E-state index contributed by atoms with van der Waals surface area (Å²) < 4.78 is 5.04. The number of carboxylic acids is 1. The van der Waals surface area contributed by atoms with Crippen molar-refractivity contribution in [1.29, 1.82) is 0 Å². The first-order valence-electron chi connectivity index (χ1n) is 8.13. The van der Waals surface area contributed by atoms with Crippen LogP contribution in [0.2, 0.25) is 0 Å². The molecule has 0 radical (unpaired) electrons. The van der Waals surface area contributed by atoms with E-state index in [9.17, 15) is 14.4 Å². The summed E-state index contributed by atoms with van der Waals surface area (Å²) >= 11 is 0. The number of likely N-dealkylation sites (N-methyl/N-ethyl adjacent to an activating group) is 1. The number of aromatic carboxylic acids is 1. The third-order valence-corrected chi connectivity index (χ3v) is 4.01. The minimum Gasteiger partial charge on any atom is -0.476 e. The quantitative estimate of drug-likeness (QED) is 0.734. The molecule has 1 aromatic heterocycles.